The van der Waals surface area contributed by atoms with Gasteiger partial charge in [0.05, 0.1) is 82.7 Å². The number of fused-ring (bicyclic) bond motifs is 5. The Balaban J connectivity index is 0.000000159. The molecule has 27 nitrogen and oxygen atoms in total. The van der Waals surface area contributed by atoms with Crippen LogP contribution in [0.3, 0.4) is 0 Å². The maximum atomic E-state index is 12.4. The van der Waals surface area contributed by atoms with Crippen LogP contribution >= 0.6 is 108 Å². The summed E-state index contributed by atoms with van der Waals surface area (Å²) in [4.78, 5) is 45.9. The number of thioether (sulfide) groups is 3. The third kappa shape index (κ3) is 25.7. The SMILES string of the molecule is C.CCOC(=O)C(C)(C)Sc1nnc(Br)n1-c1ccc(C2CC2)c2ccccc12.CCOC(=O)CCBr.CCOC(=O)CCSc1nnc(N)n1-c1ccc(C2CC2)c2ccccc12.CCOC(=O)CCSc1nnc(N)n1-c1ccc(C2CC2)c2ccccc12.Nc1n[nH]c(=S)n1-c1ccc(C2CC2)c2ccccc12.S=c1[nH]nc(Br)n1-c1ccc(C2CC2)c2ccccc12.[2H]CF.[Li+].[OH-]. The molecule has 0 spiro atoms. The van der Waals surface area contributed by atoms with Crippen LogP contribution in [0.4, 0.5) is 22.2 Å². The number of nitrogens with two attached hydrogens (primary N) is 3. The second-order valence-electron chi connectivity index (χ2n) is 32.1. The standard InChI is InChI=1S/C21H22BrN3O2S.2C20H22N4O2S.C15H12BrN3S.C15H14N4S.C5H9BrO2.CH3F.CH4.Li.H2O/c1-4-27-18(26)21(2,3)28-20-24-23-19(22)25(20)17-12-11-14(13-9-10-13)15-7-5-6-8-16(15)17;2*1-2-26-18(25)11-12-27-20-23-22-19(21)24(20)17-10-9-14(13-7-8-13)15-5-3-4-6-16(15)17;2*16-14-17-18-15(20)19(14)13-8-7-10(9-5-6-9)11-3-1-2-4-12(11)13;1-2-8-5(7)3-4-6;1-2;;;/h5-8,11-13H,4,9-10H2,1-3H3;2*3-6,9-10,13H,2,7-8,11-12H2,1H3,(H2,21,22);1-4,7-9H,5-6H2,(H,18,20);1-4,7-9H,5-6H2,(H2,16,17)(H,18,20);2-4H2,1H3;1H3;1H4;;1H2/q;;;;;;;;+1;/p-1/i;;;;;;1D;;;. The quantitative estimate of drug-likeness (QED) is 0.00797. The number of carbonyl (C=O) groups is 4. The first-order valence-electron chi connectivity index (χ1n) is 44.6. The van der Waals surface area contributed by atoms with E-state index in [1.54, 1.807) is 25.3 Å². The zero-order valence-electron chi connectivity index (χ0n) is 76.4. The van der Waals surface area contributed by atoms with Crippen molar-refractivity contribution >= 4 is 203 Å². The summed E-state index contributed by atoms with van der Waals surface area (Å²) in [6.45, 7) is 12.5. The van der Waals surface area contributed by atoms with E-state index in [4.69, 9.17) is 57.2 Å². The molecule has 0 amide bonds. The normalized spacial score (nSPS) is 13.6. The molecule has 0 radical (unpaired) electrons. The number of alkyl halides is 2. The van der Waals surface area contributed by atoms with Crippen molar-refractivity contribution in [2.45, 2.75) is 182 Å². The number of benzene rings is 10. The van der Waals surface area contributed by atoms with Crippen molar-refractivity contribution in [2.75, 3.05) is 67.6 Å². The summed E-state index contributed by atoms with van der Waals surface area (Å²) in [6.07, 6.45) is 13.8. The predicted molar refractivity (Wildman–Crippen MR) is 549 cm³/mol. The van der Waals surface area contributed by atoms with Gasteiger partial charge < -0.3 is 41.6 Å². The molecule has 5 aromatic heterocycles. The van der Waals surface area contributed by atoms with Crippen LogP contribution in [0.15, 0.2) is 207 Å². The number of H-pyrrole nitrogens is 2. The van der Waals surface area contributed by atoms with Gasteiger partial charge in [-0.25, -0.2) is 5.10 Å². The number of carbonyl (C=O) groups excluding carboxylic acids is 4. The third-order valence-electron chi connectivity index (χ3n) is 22.6. The number of ether oxygens (including phenoxy) is 4. The summed E-state index contributed by atoms with van der Waals surface area (Å²) in [6, 6.07) is 63.8. The predicted octanol–water partition coefficient (Wildman–Crippen LogP) is 21.0. The average molecular weight is 2110 g/mol. The Labute approximate surface area is 845 Å². The Morgan fingerprint density at radius 2 is 0.711 bits per heavy atom. The van der Waals surface area contributed by atoms with Crippen LogP contribution in [0.25, 0.3) is 82.3 Å². The molecule has 0 saturated heterocycles. The fourth-order valence-electron chi connectivity index (χ4n) is 15.8. The fraction of sp³-hybridized carbons (Fsp3) is 0.347. The molecule has 0 unspecified atom stereocenters. The molecule has 9 N–H and O–H groups in total. The molecule has 0 bridgehead atoms. The summed E-state index contributed by atoms with van der Waals surface area (Å²) in [7, 11) is -1.00. The Bertz CT molecular complexity index is 6490. The molecular formula is C98H109Br3FLiN18O9S5. The smallest absolute Gasteiger partial charge is 0.870 e. The number of hydrogen-bond donors (Lipinski definition) is 5. The molecule has 10 aromatic carbocycles. The van der Waals surface area contributed by atoms with Crippen LogP contribution < -0.4 is 36.1 Å². The Morgan fingerprint density at radius 1 is 0.422 bits per heavy atom. The minimum Gasteiger partial charge on any atom is -0.870 e. The number of nitrogens with zero attached hydrogens (tertiary/aromatic N) is 13. The number of nitrogens with one attached hydrogen (secondary N) is 2. The van der Waals surface area contributed by atoms with Crippen LogP contribution in [0, 0.1) is 9.54 Å². The van der Waals surface area contributed by atoms with Gasteiger partial charge in [-0.3, -0.25) is 51.5 Å². The van der Waals surface area contributed by atoms with Gasteiger partial charge in [-0.2, -0.15) is 0 Å². The second kappa shape index (κ2) is 49.3. The van der Waals surface area contributed by atoms with Gasteiger partial charge in [0.25, 0.3) is 0 Å². The number of anilines is 3. The molecule has 5 fully saturated rings. The third-order valence-corrected chi connectivity index (χ3v) is 27.6. The molecule has 5 heterocycles. The van der Waals surface area contributed by atoms with Gasteiger partial charge in [0.1, 0.15) is 4.75 Å². The van der Waals surface area contributed by atoms with Crippen LogP contribution in [-0.2, 0) is 38.1 Å². The molecule has 37 heteroatoms. The topological polar surface area (TPSA) is 373 Å². The van der Waals surface area contributed by atoms with E-state index < -0.39 is 11.9 Å². The van der Waals surface area contributed by atoms with Gasteiger partial charge in [-0.1, -0.05) is 210 Å². The van der Waals surface area contributed by atoms with Gasteiger partial charge in [0.2, 0.25) is 36.9 Å². The minimum atomic E-state index is -1.00. The van der Waals surface area contributed by atoms with Gasteiger partial charge >= 0.3 is 42.7 Å². The van der Waals surface area contributed by atoms with Gasteiger partial charge in [-0.15, -0.1) is 40.8 Å². The zero-order chi connectivity index (χ0) is 94.0. The maximum absolute atomic E-state index is 12.4. The average Bonchev–Trinajstić information content (AvgIpc) is 1.61. The fourth-order valence-corrected chi connectivity index (χ4v) is 20.4. The van der Waals surface area contributed by atoms with E-state index in [0.717, 1.165) is 50.5 Å². The van der Waals surface area contributed by atoms with Crippen LogP contribution in [-0.4, -0.2) is 158 Å². The van der Waals surface area contributed by atoms with Crippen molar-refractivity contribution in [3.63, 3.8) is 0 Å². The van der Waals surface area contributed by atoms with Crippen LogP contribution in [0.5, 0.6) is 0 Å². The monoisotopic (exact) mass is 2110 g/mol. The first kappa shape index (κ1) is 104. The number of aromatic nitrogens is 15. The first-order valence-corrected chi connectivity index (χ1v) is 50.2. The van der Waals surface area contributed by atoms with Crippen LogP contribution in [0.2, 0.25) is 0 Å². The molecule has 0 aliphatic heterocycles. The molecular weight excluding hydrogens is 2000 g/mol. The maximum Gasteiger partial charge on any atom is 1.00 e. The van der Waals surface area contributed by atoms with Crippen molar-refractivity contribution in [1.82, 2.24) is 73.8 Å². The molecule has 5 saturated carbocycles. The first-order chi connectivity index (χ1) is 64.5. The summed E-state index contributed by atoms with van der Waals surface area (Å²) in [5, 5.41) is 53.7. The minimum absolute atomic E-state index is 0. The van der Waals surface area contributed by atoms with Gasteiger partial charge in [-0.05, 0) is 277 Å². The van der Waals surface area contributed by atoms with E-state index >= 15 is 0 Å². The molecule has 0 atom stereocenters. The van der Waals surface area contributed by atoms with Crippen LogP contribution in [0.1, 0.15) is 191 Å². The Morgan fingerprint density at radius 3 is 1.01 bits per heavy atom. The van der Waals surface area contributed by atoms with Crippen molar-refractivity contribution in [2.24, 2.45) is 0 Å². The number of esters is 4. The molecule has 5 aliphatic carbocycles. The summed E-state index contributed by atoms with van der Waals surface area (Å²) >= 11 is 25.0. The van der Waals surface area contributed by atoms with E-state index in [0.29, 0.717) is 139 Å². The number of halogens is 4. The van der Waals surface area contributed by atoms with E-state index in [1.165, 1.54) is 165 Å². The number of aromatic amines is 2. The number of rotatable bonds is 27. The van der Waals surface area contributed by atoms with E-state index in [1.807, 2.05) is 57.2 Å². The Hall–Kier alpha value is -10.1. The molecule has 5 aliphatic rings. The Kier molecular flexibility index (Phi) is 37.9. The summed E-state index contributed by atoms with van der Waals surface area (Å²) in [5.41, 5.74) is 30.3. The van der Waals surface area contributed by atoms with Crippen molar-refractivity contribution in [3.8, 4) is 28.4 Å². The number of nitrogen functional groups attached to an aromatic ring is 3. The largest absolute Gasteiger partial charge is 1.00 e. The summed E-state index contributed by atoms with van der Waals surface area (Å²) < 4.78 is 46.4. The second-order valence-corrected chi connectivity index (χ2v) is 38.8. The van der Waals surface area contributed by atoms with Crippen molar-refractivity contribution in [3.05, 3.63) is 229 Å². The van der Waals surface area contributed by atoms with E-state index in [-0.39, 0.29) is 55.6 Å². The molecule has 15 aromatic rings. The van der Waals surface area contributed by atoms with E-state index in [9.17, 15) is 23.6 Å². The van der Waals surface area contributed by atoms with E-state index in [2.05, 4.69) is 267 Å². The molecule has 135 heavy (non-hydrogen) atoms. The molecule has 20 rings (SSSR count). The summed E-state index contributed by atoms with van der Waals surface area (Å²) in [5.74, 6) is 4.84. The van der Waals surface area contributed by atoms with Crippen molar-refractivity contribution < 1.29 is 68.2 Å². The zero-order valence-corrected chi connectivity index (χ0v) is 84.2. The van der Waals surface area contributed by atoms with Gasteiger partial charge in [0, 0.05) is 43.8 Å². The van der Waals surface area contributed by atoms with Crippen molar-refractivity contribution in [1.29, 1.82) is 0 Å². The molecule has 704 valence electrons. The van der Waals surface area contributed by atoms with Gasteiger partial charge in [0.15, 0.2) is 15.5 Å². The number of hydrogen-bond acceptors (Lipinski definition) is 25.